The molecule has 0 saturated heterocycles. The topological polar surface area (TPSA) is 95.6 Å². The molecule has 0 spiro atoms. The van der Waals surface area contributed by atoms with Crippen molar-refractivity contribution < 1.29 is 18.0 Å². The normalized spacial score (nSPS) is 13.6. The minimum Gasteiger partial charge on any atom is -0.342 e. The lowest BCUT2D eigenvalue weighted by Crippen LogP contribution is -2.37. The van der Waals surface area contributed by atoms with Gasteiger partial charge in [0, 0.05) is 32.2 Å². The summed E-state index contributed by atoms with van der Waals surface area (Å²) < 4.78 is 27.1. The van der Waals surface area contributed by atoms with Crippen LogP contribution >= 0.6 is 0 Å². The Morgan fingerprint density at radius 1 is 1.35 bits per heavy atom. The predicted molar refractivity (Wildman–Crippen MR) is 86.5 cm³/mol. The third kappa shape index (κ3) is 4.29. The molecule has 0 unspecified atom stereocenters. The van der Waals surface area contributed by atoms with Gasteiger partial charge in [-0.15, -0.1) is 0 Å². The molecule has 2 amide bonds. The van der Waals surface area contributed by atoms with Gasteiger partial charge in [-0.2, -0.15) is 0 Å². The van der Waals surface area contributed by atoms with Crippen molar-refractivity contribution in [1.82, 2.24) is 9.62 Å². The molecule has 0 aliphatic carbocycles. The Kier molecular flexibility index (Phi) is 5.38. The second-order valence-electron chi connectivity index (χ2n) is 5.45. The first-order valence-electron chi connectivity index (χ1n) is 7.51. The minimum atomic E-state index is -3.66. The highest BCUT2D eigenvalue weighted by Crippen LogP contribution is 2.25. The molecule has 2 rings (SSSR count). The van der Waals surface area contributed by atoms with Gasteiger partial charge in [0.05, 0.1) is 11.3 Å². The fourth-order valence-corrected chi connectivity index (χ4v) is 3.54. The van der Waals surface area contributed by atoms with Crippen LogP contribution in [0.2, 0.25) is 0 Å². The Balaban J connectivity index is 2.01. The van der Waals surface area contributed by atoms with E-state index in [4.69, 9.17) is 0 Å². The van der Waals surface area contributed by atoms with E-state index >= 15 is 0 Å². The van der Waals surface area contributed by atoms with E-state index in [1.807, 2.05) is 6.92 Å². The monoisotopic (exact) mass is 339 g/mol. The van der Waals surface area contributed by atoms with Gasteiger partial charge in [0.15, 0.2) is 0 Å². The van der Waals surface area contributed by atoms with Crippen molar-refractivity contribution in [1.29, 1.82) is 0 Å². The Bertz CT molecular complexity index is 715. The number of carbonyl (C=O) groups excluding carboxylic acids is 2. The van der Waals surface area contributed by atoms with Crippen molar-refractivity contribution in [2.45, 2.75) is 31.6 Å². The average Bonchev–Trinajstić information content (AvgIpc) is 2.85. The third-order valence-electron chi connectivity index (χ3n) is 3.62. The van der Waals surface area contributed by atoms with Gasteiger partial charge in [0.1, 0.15) is 0 Å². The van der Waals surface area contributed by atoms with Crippen LogP contribution in [-0.2, 0) is 26.0 Å². The zero-order valence-corrected chi connectivity index (χ0v) is 14.1. The Labute approximate surface area is 136 Å². The van der Waals surface area contributed by atoms with Crippen LogP contribution in [0.25, 0.3) is 0 Å². The maximum Gasteiger partial charge on any atom is 0.240 e. The van der Waals surface area contributed by atoms with Crippen LogP contribution in [-0.4, -0.2) is 44.8 Å². The molecule has 8 heteroatoms. The van der Waals surface area contributed by atoms with Crippen LogP contribution in [0.15, 0.2) is 23.1 Å². The van der Waals surface area contributed by atoms with Crippen molar-refractivity contribution in [3.63, 3.8) is 0 Å². The molecular weight excluding hydrogens is 318 g/mol. The molecule has 0 radical (unpaired) electrons. The fourth-order valence-electron chi connectivity index (χ4n) is 2.47. The Morgan fingerprint density at radius 2 is 2.09 bits per heavy atom. The summed E-state index contributed by atoms with van der Waals surface area (Å²) in [4.78, 5) is 24.5. The number of nitrogens with zero attached hydrogens (tertiary/aromatic N) is 1. The molecule has 23 heavy (non-hydrogen) atoms. The SMILES string of the molecule is CCCN(CCNS(=O)(=O)c1ccc2c(c1)CC(=O)N2)C(C)=O. The second kappa shape index (κ2) is 7.10. The summed E-state index contributed by atoms with van der Waals surface area (Å²) >= 11 is 0. The van der Waals surface area contributed by atoms with Gasteiger partial charge < -0.3 is 10.2 Å². The van der Waals surface area contributed by atoms with Crippen LogP contribution < -0.4 is 10.0 Å². The number of carbonyl (C=O) groups is 2. The van der Waals surface area contributed by atoms with Gasteiger partial charge >= 0.3 is 0 Å². The number of sulfonamides is 1. The standard InChI is InChI=1S/C15H21N3O4S/c1-3-7-18(11(2)19)8-6-16-23(21,22)13-4-5-14-12(9-13)10-15(20)17-14/h4-5,9,16H,3,6-8,10H2,1-2H3,(H,17,20). The summed E-state index contributed by atoms with van der Waals surface area (Å²) in [5.41, 5.74) is 1.33. The molecule has 0 atom stereocenters. The number of amides is 2. The van der Waals surface area contributed by atoms with Gasteiger partial charge in [-0.05, 0) is 30.2 Å². The van der Waals surface area contributed by atoms with E-state index in [1.54, 1.807) is 11.0 Å². The number of rotatable bonds is 7. The van der Waals surface area contributed by atoms with E-state index in [2.05, 4.69) is 10.0 Å². The smallest absolute Gasteiger partial charge is 0.240 e. The van der Waals surface area contributed by atoms with Gasteiger partial charge in [-0.3, -0.25) is 9.59 Å². The number of fused-ring (bicyclic) bond motifs is 1. The van der Waals surface area contributed by atoms with Crippen LogP contribution in [0.5, 0.6) is 0 Å². The van der Waals surface area contributed by atoms with Crippen LogP contribution in [0.1, 0.15) is 25.8 Å². The number of hydrogen-bond acceptors (Lipinski definition) is 4. The molecule has 126 valence electrons. The highest BCUT2D eigenvalue weighted by atomic mass is 32.2. The van der Waals surface area contributed by atoms with Crippen molar-refractivity contribution >= 4 is 27.5 Å². The molecule has 1 aliphatic rings. The summed E-state index contributed by atoms with van der Waals surface area (Å²) in [6, 6.07) is 4.56. The van der Waals surface area contributed by atoms with E-state index in [0.717, 1.165) is 6.42 Å². The predicted octanol–water partition coefficient (Wildman–Crippen LogP) is 0.718. The lowest BCUT2D eigenvalue weighted by atomic mass is 10.2. The zero-order chi connectivity index (χ0) is 17.0. The Morgan fingerprint density at radius 3 is 2.74 bits per heavy atom. The first-order chi connectivity index (χ1) is 10.8. The minimum absolute atomic E-state index is 0.0758. The number of anilines is 1. The highest BCUT2D eigenvalue weighted by molar-refractivity contribution is 7.89. The lowest BCUT2D eigenvalue weighted by Gasteiger charge is -2.20. The number of hydrogen-bond donors (Lipinski definition) is 2. The lowest BCUT2D eigenvalue weighted by molar-refractivity contribution is -0.128. The summed E-state index contributed by atoms with van der Waals surface area (Å²) in [5, 5.41) is 2.66. The fraction of sp³-hybridized carbons (Fsp3) is 0.467. The zero-order valence-electron chi connectivity index (χ0n) is 13.3. The quantitative estimate of drug-likeness (QED) is 0.765. The van der Waals surface area contributed by atoms with Gasteiger partial charge in [0.2, 0.25) is 21.8 Å². The van der Waals surface area contributed by atoms with Crippen LogP contribution in [0.3, 0.4) is 0 Å². The van der Waals surface area contributed by atoms with Crippen molar-refractivity contribution in [2.24, 2.45) is 0 Å². The van der Waals surface area contributed by atoms with Crippen LogP contribution in [0.4, 0.5) is 5.69 Å². The van der Waals surface area contributed by atoms with Crippen molar-refractivity contribution in [3.8, 4) is 0 Å². The first-order valence-corrected chi connectivity index (χ1v) is 8.99. The average molecular weight is 339 g/mol. The molecule has 0 aromatic heterocycles. The van der Waals surface area contributed by atoms with Gasteiger partial charge in [-0.1, -0.05) is 6.92 Å². The molecule has 0 fully saturated rings. The Hall–Kier alpha value is -1.93. The highest BCUT2D eigenvalue weighted by Gasteiger charge is 2.21. The van der Waals surface area contributed by atoms with Crippen molar-refractivity contribution in [3.05, 3.63) is 23.8 Å². The maximum absolute atomic E-state index is 12.3. The second-order valence-corrected chi connectivity index (χ2v) is 7.21. The molecule has 1 aromatic rings. The van der Waals surface area contributed by atoms with E-state index < -0.39 is 10.0 Å². The number of benzene rings is 1. The van der Waals surface area contributed by atoms with E-state index in [1.165, 1.54) is 19.1 Å². The summed E-state index contributed by atoms with van der Waals surface area (Å²) in [6.07, 6.45) is 1.01. The molecule has 0 saturated carbocycles. The molecule has 1 heterocycles. The van der Waals surface area contributed by atoms with Gasteiger partial charge in [0.25, 0.3) is 0 Å². The molecule has 2 N–H and O–H groups in total. The largest absolute Gasteiger partial charge is 0.342 e. The van der Waals surface area contributed by atoms with Crippen molar-refractivity contribution in [2.75, 3.05) is 25.0 Å². The van der Waals surface area contributed by atoms with Gasteiger partial charge in [-0.25, -0.2) is 13.1 Å². The maximum atomic E-state index is 12.3. The number of nitrogens with one attached hydrogen (secondary N) is 2. The summed E-state index contributed by atoms with van der Waals surface area (Å²) in [5.74, 6) is -0.215. The molecule has 1 aromatic carbocycles. The molecule has 0 bridgehead atoms. The van der Waals surface area contributed by atoms with E-state index in [0.29, 0.717) is 24.3 Å². The third-order valence-corrected chi connectivity index (χ3v) is 5.08. The molecule has 7 nitrogen and oxygen atoms in total. The van der Waals surface area contributed by atoms with E-state index in [-0.39, 0.29) is 29.7 Å². The summed E-state index contributed by atoms with van der Waals surface area (Å²) in [7, 11) is -3.66. The summed E-state index contributed by atoms with van der Waals surface area (Å²) in [6.45, 7) is 4.50. The van der Waals surface area contributed by atoms with E-state index in [9.17, 15) is 18.0 Å². The van der Waals surface area contributed by atoms with Crippen LogP contribution in [0, 0.1) is 0 Å². The first kappa shape index (κ1) is 17.4. The molecular formula is C15H21N3O4S. The molecule has 1 aliphatic heterocycles.